The van der Waals surface area contributed by atoms with E-state index < -0.39 is 6.10 Å². The number of ether oxygens (including phenoxy) is 1. The molecule has 1 N–H and O–H groups in total. The Hall–Kier alpha value is -0.640. The highest BCUT2D eigenvalue weighted by Gasteiger charge is 2.42. The molecule has 4 heteroatoms. The minimum atomic E-state index is -0.635. The zero-order valence-corrected chi connectivity index (χ0v) is 12.2. The van der Waals surface area contributed by atoms with Crippen molar-refractivity contribution in [1.29, 1.82) is 0 Å². The lowest BCUT2D eigenvalue weighted by Gasteiger charge is -2.40. The highest BCUT2D eigenvalue weighted by atomic mass is 35.5. The molecule has 0 radical (unpaired) electrons. The maximum Gasteiger partial charge on any atom is 0.124 e. The van der Waals surface area contributed by atoms with Crippen LogP contribution in [0.5, 0.6) is 0 Å². The molecule has 1 spiro atoms. The molecule has 0 aromatic heterocycles. The Morgan fingerprint density at radius 2 is 2.10 bits per heavy atom. The maximum absolute atomic E-state index is 13.1. The molecule has 1 aliphatic carbocycles. The largest absolute Gasteiger partial charge is 0.388 e. The summed E-state index contributed by atoms with van der Waals surface area (Å²) >= 11 is 6.06. The lowest BCUT2D eigenvalue weighted by molar-refractivity contribution is -0.113. The van der Waals surface area contributed by atoms with Crippen molar-refractivity contribution in [2.24, 2.45) is 5.92 Å². The minimum Gasteiger partial charge on any atom is -0.388 e. The van der Waals surface area contributed by atoms with Crippen molar-refractivity contribution in [3.63, 3.8) is 0 Å². The summed E-state index contributed by atoms with van der Waals surface area (Å²) in [6.45, 7) is 0.695. The van der Waals surface area contributed by atoms with Gasteiger partial charge >= 0.3 is 0 Å². The van der Waals surface area contributed by atoms with E-state index in [0.29, 0.717) is 17.2 Å². The second kappa shape index (κ2) is 5.63. The third-order valence-corrected chi connectivity index (χ3v) is 5.10. The van der Waals surface area contributed by atoms with Crippen LogP contribution in [0.25, 0.3) is 0 Å². The van der Waals surface area contributed by atoms with E-state index in [1.807, 2.05) is 0 Å². The van der Waals surface area contributed by atoms with Gasteiger partial charge in [0.1, 0.15) is 5.82 Å². The van der Waals surface area contributed by atoms with Gasteiger partial charge in [-0.3, -0.25) is 0 Å². The number of aliphatic hydroxyl groups excluding tert-OH is 1. The van der Waals surface area contributed by atoms with Crippen LogP contribution in [0.4, 0.5) is 4.39 Å². The number of hydrogen-bond donors (Lipinski definition) is 1. The Balaban J connectivity index is 1.77. The smallest absolute Gasteiger partial charge is 0.124 e. The second-order valence-electron chi connectivity index (χ2n) is 6.10. The summed E-state index contributed by atoms with van der Waals surface area (Å²) < 4.78 is 19.1. The standard InChI is InChI=1S/C16H20ClFO2/c17-14-9-12(18)3-4-13(14)15(19)11-5-8-20-16(10-11)6-1-2-7-16/h3-4,9,11,15,19H,1-2,5-8,10H2. The van der Waals surface area contributed by atoms with Gasteiger partial charge in [0.25, 0.3) is 0 Å². The van der Waals surface area contributed by atoms with Crippen molar-refractivity contribution in [2.75, 3.05) is 6.61 Å². The van der Waals surface area contributed by atoms with Gasteiger partial charge in [0.15, 0.2) is 0 Å². The highest BCUT2D eigenvalue weighted by molar-refractivity contribution is 6.31. The van der Waals surface area contributed by atoms with E-state index in [9.17, 15) is 9.50 Å². The maximum atomic E-state index is 13.1. The molecule has 20 heavy (non-hydrogen) atoms. The van der Waals surface area contributed by atoms with E-state index >= 15 is 0 Å². The molecule has 2 nitrogen and oxygen atoms in total. The predicted molar refractivity (Wildman–Crippen MR) is 76.2 cm³/mol. The van der Waals surface area contributed by atoms with E-state index in [0.717, 1.165) is 25.7 Å². The van der Waals surface area contributed by atoms with Crippen LogP contribution in [0, 0.1) is 11.7 Å². The van der Waals surface area contributed by atoms with Crippen molar-refractivity contribution >= 4 is 11.6 Å². The number of aliphatic hydroxyl groups is 1. The van der Waals surface area contributed by atoms with Crippen molar-refractivity contribution < 1.29 is 14.2 Å². The zero-order valence-electron chi connectivity index (χ0n) is 11.4. The number of halogens is 2. The lowest BCUT2D eigenvalue weighted by atomic mass is 9.80. The number of benzene rings is 1. The molecule has 1 saturated carbocycles. The Morgan fingerprint density at radius 1 is 1.35 bits per heavy atom. The fourth-order valence-electron chi connectivity index (χ4n) is 3.70. The average Bonchev–Trinajstić information content (AvgIpc) is 2.86. The fourth-order valence-corrected chi connectivity index (χ4v) is 3.98. The molecule has 2 atom stereocenters. The van der Waals surface area contributed by atoms with Crippen LogP contribution >= 0.6 is 11.6 Å². The SMILES string of the molecule is OC(c1ccc(F)cc1Cl)C1CCOC2(CCCC2)C1. The van der Waals surface area contributed by atoms with Crippen LogP contribution in [0.15, 0.2) is 18.2 Å². The fraction of sp³-hybridized carbons (Fsp3) is 0.625. The Kier molecular flexibility index (Phi) is 4.02. The van der Waals surface area contributed by atoms with Gasteiger partial charge in [-0.2, -0.15) is 0 Å². The quantitative estimate of drug-likeness (QED) is 0.884. The van der Waals surface area contributed by atoms with E-state index in [4.69, 9.17) is 16.3 Å². The van der Waals surface area contributed by atoms with Gasteiger partial charge in [0, 0.05) is 11.6 Å². The van der Waals surface area contributed by atoms with Crippen molar-refractivity contribution in [3.8, 4) is 0 Å². The van der Waals surface area contributed by atoms with Gasteiger partial charge in [-0.05, 0) is 49.3 Å². The average molecular weight is 299 g/mol. The summed E-state index contributed by atoms with van der Waals surface area (Å²) in [6, 6.07) is 4.22. The summed E-state index contributed by atoms with van der Waals surface area (Å²) in [4.78, 5) is 0. The molecule has 1 aliphatic heterocycles. The second-order valence-corrected chi connectivity index (χ2v) is 6.51. The van der Waals surface area contributed by atoms with Gasteiger partial charge in [-0.1, -0.05) is 30.5 Å². The molecule has 0 amide bonds. The number of hydrogen-bond acceptors (Lipinski definition) is 2. The molecule has 3 rings (SSSR count). The topological polar surface area (TPSA) is 29.5 Å². The first-order chi connectivity index (χ1) is 9.60. The Bertz CT molecular complexity index is 485. The van der Waals surface area contributed by atoms with Crippen LogP contribution in [-0.2, 0) is 4.74 Å². The third-order valence-electron chi connectivity index (χ3n) is 4.77. The first-order valence-corrected chi connectivity index (χ1v) is 7.74. The minimum absolute atomic E-state index is 0.0313. The van der Waals surface area contributed by atoms with Gasteiger partial charge in [0.05, 0.1) is 11.7 Å². The third kappa shape index (κ3) is 2.72. The Morgan fingerprint density at radius 3 is 2.80 bits per heavy atom. The molecular formula is C16H20ClFO2. The van der Waals surface area contributed by atoms with E-state index in [2.05, 4.69) is 0 Å². The predicted octanol–water partition coefficient (Wildman–Crippen LogP) is 4.25. The molecule has 2 unspecified atom stereocenters. The summed E-state index contributed by atoms with van der Waals surface area (Å²) in [6.07, 6.45) is 5.67. The van der Waals surface area contributed by atoms with Crippen LogP contribution < -0.4 is 0 Å². The van der Waals surface area contributed by atoms with Gasteiger partial charge in [-0.25, -0.2) is 4.39 Å². The molecule has 2 fully saturated rings. The molecule has 1 aromatic rings. The zero-order chi connectivity index (χ0) is 14.2. The van der Waals surface area contributed by atoms with E-state index in [1.165, 1.54) is 25.0 Å². The van der Waals surface area contributed by atoms with Crippen molar-refractivity contribution in [2.45, 2.75) is 50.2 Å². The number of rotatable bonds is 2. The van der Waals surface area contributed by atoms with Crippen LogP contribution in [0.1, 0.15) is 50.2 Å². The summed E-state index contributed by atoms with van der Waals surface area (Å²) in [5.41, 5.74) is 0.601. The lowest BCUT2D eigenvalue weighted by Crippen LogP contribution is -2.39. The van der Waals surface area contributed by atoms with E-state index in [1.54, 1.807) is 6.07 Å². The summed E-state index contributed by atoms with van der Waals surface area (Å²) in [7, 11) is 0. The first kappa shape index (κ1) is 14.3. The van der Waals surface area contributed by atoms with Crippen molar-refractivity contribution in [3.05, 3.63) is 34.6 Å². The normalized spacial score (nSPS) is 26.9. The molecule has 1 saturated heterocycles. The molecule has 0 bridgehead atoms. The highest BCUT2D eigenvalue weighted by Crippen LogP contribution is 2.46. The van der Waals surface area contributed by atoms with Crippen LogP contribution in [0.2, 0.25) is 5.02 Å². The summed E-state index contributed by atoms with van der Waals surface area (Å²) in [5.74, 6) is -0.227. The molecule has 110 valence electrons. The Labute approximate surface area is 123 Å². The molecule has 2 aliphatic rings. The molecule has 1 heterocycles. The van der Waals surface area contributed by atoms with Gasteiger partial charge < -0.3 is 9.84 Å². The summed E-state index contributed by atoms with van der Waals surface area (Å²) in [5, 5.41) is 10.9. The monoisotopic (exact) mass is 298 g/mol. The first-order valence-electron chi connectivity index (χ1n) is 7.37. The van der Waals surface area contributed by atoms with Crippen LogP contribution in [-0.4, -0.2) is 17.3 Å². The molecular weight excluding hydrogens is 279 g/mol. The molecule has 1 aromatic carbocycles. The van der Waals surface area contributed by atoms with Crippen LogP contribution in [0.3, 0.4) is 0 Å². The van der Waals surface area contributed by atoms with Gasteiger partial charge in [-0.15, -0.1) is 0 Å². The van der Waals surface area contributed by atoms with Gasteiger partial charge in [0.2, 0.25) is 0 Å². The van der Waals surface area contributed by atoms with Crippen molar-refractivity contribution in [1.82, 2.24) is 0 Å². The van der Waals surface area contributed by atoms with E-state index in [-0.39, 0.29) is 17.3 Å².